The van der Waals surface area contributed by atoms with Crippen molar-refractivity contribution in [3.8, 4) is 0 Å². The quantitative estimate of drug-likeness (QED) is 0.841. The molecule has 102 valence electrons. The number of hydrogen-bond donors (Lipinski definition) is 1. The van der Waals surface area contributed by atoms with Crippen LogP contribution in [-0.4, -0.2) is 50.3 Å². The van der Waals surface area contributed by atoms with Crippen molar-refractivity contribution in [1.29, 1.82) is 0 Å². The Kier molecular flexibility index (Phi) is 4.29. The molecule has 1 N–H and O–H groups in total. The van der Waals surface area contributed by atoms with Crippen LogP contribution in [0.4, 0.5) is 0 Å². The van der Waals surface area contributed by atoms with Gasteiger partial charge in [-0.3, -0.25) is 4.90 Å². The summed E-state index contributed by atoms with van der Waals surface area (Å²) in [7, 11) is 1.81. The van der Waals surface area contributed by atoms with Crippen LogP contribution in [0.15, 0.2) is 0 Å². The highest BCUT2D eigenvalue weighted by molar-refractivity contribution is 4.89. The average Bonchev–Trinajstić information content (AvgIpc) is 2.74. The molecule has 1 fully saturated rings. The van der Waals surface area contributed by atoms with E-state index in [2.05, 4.69) is 46.4 Å². The van der Waals surface area contributed by atoms with Crippen LogP contribution in [0.1, 0.15) is 33.0 Å². The van der Waals surface area contributed by atoms with Crippen molar-refractivity contribution < 1.29 is 0 Å². The van der Waals surface area contributed by atoms with Crippen molar-refractivity contribution >= 4 is 0 Å². The monoisotopic (exact) mass is 252 g/mol. The lowest BCUT2D eigenvalue weighted by Crippen LogP contribution is -2.57. The number of piperazine rings is 1. The van der Waals surface area contributed by atoms with Crippen molar-refractivity contribution in [2.24, 2.45) is 13.0 Å². The lowest BCUT2D eigenvalue weighted by Gasteiger charge is -2.41. The van der Waals surface area contributed by atoms with Crippen LogP contribution in [0, 0.1) is 5.92 Å². The molecule has 2 atom stereocenters. The largest absolute Gasteiger partial charge is 0.311 e. The highest BCUT2D eigenvalue weighted by atomic mass is 15.6. The van der Waals surface area contributed by atoms with Gasteiger partial charge < -0.3 is 5.32 Å². The van der Waals surface area contributed by atoms with Crippen LogP contribution in [0.3, 0.4) is 0 Å². The van der Waals surface area contributed by atoms with Crippen molar-refractivity contribution in [3.63, 3.8) is 0 Å². The first-order valence-corrected chi connectivity index (χ1v) is 6.80. The van der Waals surface area contributed by atoms with Gasteiger partial charge in [0.05, 0.1) is 13.6 Å². The summed E-state index contributed by atoms with van der Waals surface area (Å²) in [6.07, 6.45) is 1.15. The Morgan fingerprint density at radius 1 is 1.44 bits per heavy atom. The fourth-order valence-electron chi connectivity index (χ4n) is 2.49. The van der Waals surface area contributed by atoms with Gasteiger partial charge in [0.2, 0.25) is 0 Å². The molecule has 2 heterocycles. The second-order valence-corrected chi connectivity index (χ2v) is 5.45. The van der Waals surface area contributed by atoms with E-state index in [1.807, 2.05) is 7.05 Å². The van der Waals surface area contributed by atoms with E-state index in [9.17, 15) is 0 Å². The first-order valence-electron chi connectivity index (χ1n) is 6.80. The van der Waals surface area contributed by atoms with Gasteiger partial charge in [0.25, 0.3) is 0 Å². The molecule has 0 aliphatic carbocycles. The van der Waals surface area contributed by atoms with Crippen molar-refractivity contribution in [2.75, 3.05) is 13.1 Å². The average molecular weight is 252 g/mol. The number of nitrogens with one attached hydrogen (secondary N) is 1. The van der Waals surface area contributed by atoms with E-state index in [4.69, 9.17) is 0 Å². The van der Waals surface area contributed by atoms with Crippen LogP contribution in [0.5, 0.6) is 0 Å². The zero-order valence-corrected chi connectivity index (χ0v) is 11.8. The van der Waals surface area contributed by atoms with E-state index >= 15 is 0 Å². The zero-order chi connectivity index (χ0) is 13.1. The number of rotatable bonds is 4. The molecule has 1 aromatic heterocycles. The Bertz CT molecular complexity index is 374. The minimum Gasteiger partial charge on any atom is -0.311 e. The molecule has 0 radical (unpaired) electrons. The normalized spacial score (nSPS) is 25.8. The number of nitrogens with zero attached hydrogens (tertiary/aromatic N) is 5. The maximum atomic E-state index is 4.28. The zero-order valence-electron chi connectivity index (χ0n) is 11.8. The fraction of sp³-hybridized carbons (Fsp3) is 0.917. The third kappa shape index (κ3) is 3.05. The topological polar surface area (TPSA) is 58.9 Å². The first kappa shape index (κ1) is 13.4. The molecule has 18 heavy (non-hydrogen) atoms. The van der Waals surface area contributed by atoms with Gasteiger partial charge in [-0.1, -0.05) is 20.8 Å². The molecule has 1 aliphatic rings. The maximum absolute atomic E-state index is 4.28. The molecule has 2 rings (SSSR count). The van der Waals surface area contributed by atoms with Gasteiger partial charge in [0.1, 0.15) is 0 Å². The van der Waals surface area contributed by atoms with Gasteiger partial charge in [-0.05, 0) is 17.6 Å². The number of tetrazole rings is 1. The molecule has 6 heteroatoms. The lowest BCUT2D eigenvalue weighted by atomic mass is 9.98. The lowest BCUT2D eigenvalue weighted by molar-refractivity contribution is 0.100. The van der Waals surface area contributed by atoms with E-state index in [-0.39, 0.29) is 0 Å². The fourth-order valence-corrected chi connectivity index (χ4v) is 2.49. The Balaban J connectivity index is 2.02. The maximum Gasteiger partial charge on any atom is 0.188 e. The second-order valence-electron chi connectivity index (χ2n) is 5.45. The molecule has 0 aromatic carbocycles. The summed E-state index contributed by atoms with van der Waals surface area (Å²) in [5.74, 6) is 1.47. The Morgan fingerprint density at radius 2 is 2.22 bits per heavy atom. The van der Waals surface area contributed by atoms with E-state index in [1.54, 1.807) is 0 Å². The third-order valence-electron chi connectivity index (χ3n) is 3.73. The van der Waals surface area contributed by atoms with Gasteiger partial charge in [-0.2, -0.15) is 4.80 Å². The third-order valence-corrected chi connectivity index (χ3v) is 3.73. The number of hydrogen-bond acceptors (Lipinski definition) is 5. The minimum absolute atomic E-state index is 0.560. The summed E-state index contributed by atoms with van der Waals surface area (Å²) in [6.45, 7) is 9.69. The molecule has 6 nitrogen and oxygen atoms in total. The molecule has 1 aromatic rings. The summed E-state index contributed by atoms with van der Waals surface area (Å²) in [5, 5.41) is 15.9. The standard InChI is InChI=1S/C12H24N6/c1-5-10-6-13-11(9(2)3)7-18(10)8-12-14-16-17(4)15-12/h9-11,13H,5-8H2,1-4H3. The molecule has 0 amide bonds. The Labute approximate surface area is 109 Å². The number of aryl methyl sites for hydroxylation is 1. The van der Waals surface area contributed by atoms with Crippen molar-refractivity contribution in [2.45, 2.75) is 45.8 Å². The van der Waals surface area contributed by atoms with Crippen LogP contribution in [-0.2, 0) is 13.6 Å². The van der Waals surface area contributed by atoms with E-state index in [0.717, 1.165) is 31.9 Å². The summed E-state index contributed by atoms with van der Waals surface area (Å²) < 4.78 is 0. The van der Waals surface area contributed by atoms with Gasteiger partial charge in [-0.15, -0.1) is 10.2 Å². The molecule has 0 spiro atoms. The van der Waals surface area contributed by atoms with Gasteiger partial charge >= 0.3 is 0 Å². The highest BCUT2D eigenvalue weighted by Gasteiger charge is 2.28. The molecular weight excluding hydrogens is 228 g/mol. The minimum atomic E-state index is 0.560. The second kappa shape index (κ2) is 5.75. The Hall–Kier alpha value is -1.01. The van der Waals surface area contributed by atoms with Crippen molar-refractivity contribution in [3.05, 3.63) is 5.82 Å². The summed E-state index contributed by atoms with van der Waals surface area (Å²) >= 11 is 0. The summed E-state index contributed by atoms with van der Waals surface area (Å²) in [4.78, 5) is 4.01. The van der Waals surface area contributed by atoms with Gasteiger partial charge in [-0.25, -0.2) is 0 Å². The van der Waals surface area contributed by atoms with Gasteiger partial charge in [0, 0.05) is 25.2 Å². The molecule has 2 unspecified atom stereocenters. The highest BCUT2D eigenvalue weighted by Crippen LogP contribution is 2.16. The molecule has 0 saturated carbocycles. The van der Waals surface area contributed by atoms with Crippen molar-refractivity contribution in [1.82, 2.24) is 30.4 Å². The number of aromatic nitrogens is 4. The predicted molar refractivity (Wildman–Crippen MR) is 69.9 cm³/mol. The molecule has 1 saturated heterocycles. The van der Waals surface area contributed by atoms with E-state index in [0.29, 0.717) is 18.0 Å². The van der Waals surface area contributed by atoms with Crippen LogP contribution >= 0.6 is 0 Å². The molecular formula is C12H24N6. The predicted octanol–water partition coefficient (Wildman–Crippen LogP) is 0.419. The van der Waals surface area contributed by atoms with Gasteiger partial charge in [0.15, 0.2) is 5.82 Å². The molecule has 1 aliphatic heterocycles. The smallest absolute Gasteiger partial charge is 0.188 e. The molecule has 0 bridgehead atoms. The van der Waals surface area contributed by atoms with Crippen LogP contribution in [0.2, 0.25) is 0 Å². The summed E-state index contributed by atoms with van der Waals surface area (Å²) in [6, 6.07) is 1.13. The SMILES string of the molecule is CCC1CNC(C(C)C)CN1Cc1nnn(C)n1. The van der Waals surface area contributed by atoms with Crippen LogP contribution < -0.4 is 5.32 Å². The van der Waals surface area contributed by atoms with E-state index in [1.165, 1.54) is 4.80 Å². The van der Waals surface area contributed by atoms with E-state index < -0.39 is 0 Å². The Morgan fingerprint density at radius 3 is 2.78 bits per heavy atom. The van der Waals surface area contributed by atoms with Crippen LogP contribution in [0.25, 0.3) is 0 Å². The summed E-state index contributed by atoms with van der Waals surface area (Å²) in [5.41, 5.74) is 0. The first-order chi connectivity index (χ1) is 8.60.